The van der Waals surface area contributed by atoms with Crippen molar-refractivity contribution in [2.75, 3.05) is 6.26 Å². The van der Waals surface area contributed by atoms with Crippen LogP contribution in [0.5, 0.6) is 0 Å². The molecule has 3 heteroatoms. The summed E-state index contributed by atoms with van der Waals surface area (Å²) in [4.78, 5) is 12.5. The quantitative estimate of drug-likeness (QED) is 0.416. The lowest BCUT2D eigenvalue weighted by Crippen LogP contribution is -2.40. The summed E-state index contributed by atoms with van der Waals surface area (Å²) in [7, 11) is 0. The Morgan fingerprint density at radius 1 is 0.957 bits per heavy atom. The van der Waals surface area contributed by atoms with Crippen molar-refractivity contribution < 1.29 is 4.79 Å². The van der Waals surface area contributed by atoms with Gasteiger partial charge in [-0.25, -0.2) is 0 Å². The van der Waals surface area contributed by atoms with E-state index >= 15 is 0 Å². The third-order valence-electron chi connectivity index (χ3n) is 4.36. The fraction of sp³-hybridized carbons (Fsp3) is 0.950. The highest BCUT2D eigenvalue weighted by Gasteiger charge is 2.21. The van der Waals surface area contributed by atoms with Gasteiger partial charge in [-0.1, -0.05) is 67.2 Å². The van der Waals surface area contributed by atoms with Gasteiger partial charge in [-0.2, -0.15) is 11.8 Å². The van der Waals surface area contributed by atoms with Gasteiger partial charge in [0.15, 0.2) is 0 Å². The predicted octanol–water partition coefficient (Wildman–Crippen LogP) is 6.44. The Morgan fingerprint density at radius 3 is 1.96 bits per heavy atom. The number of hydrogen-bond donors (Lipinski definition) is 1. The SMILES string of the molecule is CC.CCCCC(CC(CC)SC)NC(=O)C(CC)CCCC. The first kappa shape index (κ1) is 25.1. The maximum absolute atomic E-state index is 12.5. The summed E-state index contributed by atoms with van der Waals surface area (Å²) >= 11 is 1.94. The van der Waals surface area contributed by atoms with Crippen molar-refractivity contribution >= 4 is 17.7 Å². The van der Waals surface area contributed by atoms with E-state index in [0.29, 0.717) is 17.2 Å². The Bertz CT molecular complexity index is 254. The molecule has 0 aromatic heterocycles. The monoisotopic (exact) mass is 345 g/mol. The van der Waals surface area contributed by atoms with Crippen LogP contribution in [-0.4, -0.2) is 23.5 Å². The highest BCUT2D eigenvalue weighted by Crippen LogP contribution is 2.20. The van der Waals surface area contributed by atoms with Crippen LogP contribution in [0.2, 0.25) is 0 Å². The Hall–Kier alpha value is -0.180. The molecule has 0 rings (SSSR count). The van der Waals surface area contributed by atoms with Crippen LogP contribution in [0.15, 0.2) is 0 Å². The molecule has 0 heterocycles. The van der Waals surface area contributed by atoms with E-state index in [2.05, 4.69) is 39.3 Å². The maximum atomic E-state index is 12.5. The molecule has 0 spiro atoms. The normalized spacial score (nSPS) is 14.4. The smallest absolute Gasteiger partial charge is 0.223 e. The molecule has 1 N–H and O–H groups in total. The van der Waals surface area contributed by atoms with Gasteiger partial charge in [0.05, 0.1) is 0 Å². The highest BCUT2D eigenvalue weighted by atomic mass is 32.2. The molecule has 3 atom stereocenters. The van der Waals surface area contributed by atoms with Crippen LogP contribution in [0.3, 0.4) is 0 Å². The third kappa shape index (κ3) is 12.9. The van der Waals surface area contributed by atoms with Crippen LogP contribution in [0, 0.1) is 5.92 Å². The molecule has 0 aliphatic carbocycles. The standard InChI is InChI=1S/C18H37NOS.C2H6/c1-6-10-12-15(8-3)18(20)19-16(13-11-7-2)14-17(9-4)21-5;1-2/h15-17H,6-14H2,1-5H3,(H,19,20);1-2H3. The summed E-state index contributed by atoms with van der Waals surface area (Å²) in [6.07, 6.45) is 12.4. The summed E-state index contributed by atoms with van der Waals surface area (Å²) in [5, 5.41) is 4.03. The zero-order valence-corrected chi connectivity index (χ0v) is 17.7. The van der Waals surface area contributed by atoms with Gasteiger partial charge in [-0.15, -0.1) is 0 Å². The molecular formula is C20H43NOS. The first-order chi connectivity index (χ1) is 11.1. The lowest BCUT2D eigenvalue weighted by molar-refractivity contribution is -0.126. The van der Waals surface area contributed by atoms with Gasteiger partial charge in [0.25, 0.3) is 0 Å². The Labute approximate surface area is 151 Å². The van der Waals surface area contributed by atoms with Crippen LogP contribution >= 0.6 is 11.8 Å². The largest absolute Gasteiger partial charge is 0.353 e. The number of nitrogens with one attached hydrogen (secondary N) is 1. The lowest BCUT2D eigenvalue weighted by Gasteiger charge is -2.25. The number of carbonyl (C=O) groups is 1. The number of hydrogen-bond acceptors (Lipinski definition) is 2. The number of thioether (sulfide) groups is 1. The number of rotatable bonds is 13. The van der Waals surface area contributed by atoms with Crippen molar-refractivity contribution in [2.45, 2.75) is 111 Å². The number of unbranched alkanes of at least 4 members (excludes halogenated alkanes) is 2. The molecule has 0 fully saturated rings. The predicted molar refractivity (Wildman–Crippen MR) is 108 cm³/mol. The second-order valence-corrected chi connectivity index (χ2v) is 7.23. The average molecular weight is 346 g/mol. The fourth-order valence-electron chi connectivity index (χ4n) is 2.74. The number of carbonyl (C=O) groups excluding carboxylic acids is 1. The summed E-state index contributed by atoms with van der Waals surface area (Å²) in [5.74, 6) is 0.506. The second kappa shape index (κ2) is 18.2. The van der Waals surface area contributed by atoms with Crippen LogP contribution in [0.4, 0.5) is 0 Å². The number of amides is 1. The minimum absolute atomic E-state index is 0.212. The van der Waals surface area contributed by atoms with Gasteiger partial charge in [0.2, 0.25) is 5.91 Å². The second-order valence-electron chi connectivity index (χ2n) is 6.10. The van der Waals surface area contributed by atoms with Crippen LogP contribution in [0.1, 0.15) is 99.3 Å². The molecule has 2 nitrogen and oxygen atoms in total. The van der Waals surface area contributed by atoms with E-state index in [0.717, 1.165) is 32.1 Å². The van der Waals surface area contributed by atoms with E-state index in [1.165, 1.54) is 25.7 Å². The molecule has 23 heavy (non-hydrogen) atoms. The van der Waals surface area contributed by atoms with Gasteiger partial charge < -0.3 is 5.32 Å². The van der Waals surface area contributed by atoms with Crippen molar-refractivity contribution in [2.24, 2.45) is 5.92 Å². The van der Waals surface area contributed by atoms with Gasteiger partial charge in [0, 0.05) is 17.2 Å². The fourth-order valence-corrected chi connectivity index (χ4v) is 3.49. The van der Waals surface area contributed by atoms with E-state index in [1.807, 2.05) is 25.6 Å². The van der Waals surface area contributed by atoms with E-state index in [-0.39, 0.29) is 5.92 Å². The molecule has 140 valence electrons. The molecule has 0 saturated heterocycles. The third-order valence-corrected chi connectivity index (χ3v) is 5.55. The van der Waals surface area contributed by atoms with E-state index < -0.39 is 0 Å². The molecule has 1 amide bonds. The van der Waals surface area contributed by atoms with Gasteiger partial charge in [-0.3, -0.25) is 4.79 Å². The minimum Gasteiger partial charge on any atom is -0.353 e. The molecule has 0 aliphatic heterocycles. The van der Waals surface area contributed by atoms with Crippen molar-refractivity contribution in [3.8, 4) is 0 Å². The van der Waals surface area contributed by atoms with Crippen LogP contribution < -0.4 is 5.32 Å². The average Bonchev–Trinajstić information content (AvgIpc) is 2.59. The molecule has 0 radical (unpaired) electrons. The maximum Gasteiger partial charge on any atom is 0.223 e. The van der Waals surface area contributed by atoms with Gasteiger partial charge >= 0.3 is 0 Å². The molecule has 0 saturated carbocycles. The van der Waals surface area contributed by atoms with E-state index in [1.54, 1.807) is 0 Å². The zero-order chi connectivity index (χ0) is 18.1. The Balaban J connectivity index is 0. The summed E-state index contributed by atoms with van der Waals surface area (Å²) in [6, 6.07) is 0.366. The van der Waals surface area contributed by atoms with E-state index in [9.17, 15) is 4.79 Å². The summed E-state index contributed by atoms with van der Waals surface area (Å²) in [5.41, 5.74) is 0. The summed E-state index contributed by atoms with van der Waals surface area (Å²) in [6.45, 7) is 12.8. The first-order valence-corrected chi connectivity index (χ1v) is 11.2. The van der Waals surface area contributed by atoms with Gasteiger partial charge in [0.1, 0.15) is 0 Å². The molecule has 0 aromatic rings. The van der Waals surface area contributed by atoms with Crippen molar-refractivity contribution in [3.05, 3.63) is 0 Å². The molecule has 3 unspecified atom stereocenters. The first-order valence-electron chi connectivity index (χ1n) is 9.95. The Kier molecular flexibility index (Phi) is 19.8. The van der Waals surface area contributed by atoms with E-state index in [4.69, 9.17) is 0 Å². The van der Waals surface area contributed by atoms with Crippen LogP contribution in [-0.2, 0) is 4.79 Å². The van der Waals surface area contributed by atoms with Crippen molar-refractivity contribution in [3.63, 3.8) is 0 Å². The van der Waals surface area contributed by atoms with Crippen molar-refractivity contribution in [1.29, 1.82) is 0 Å². The Morgan fingerprint density at radius 2 is 1.52 bits per heavy atom. The zero-order valence-electron chi connectivity index (χ0n) is 16.9. The van der Waals surface area contributed by atoms with Gasteiger partial charge in [-0.05, 0) is 38.4 Å². The van der Waals surface area contributed by atoms with Crippen LogP contribution in [0.25, 0.3) is 0 Å². The molecule has 0 aromatic carbocycles. The molecule has 0 aliphatic rings. The molecular weight excluding hydrogens is 302 g/mol. The highest BCUT2D eigenvalue weighted by molar-refractivity contribution is 7.99. The molecule has 0 bridgehead atoms. The lowest BCUT2D eigenvalue weighted by atomic mass is 9.96. The van der Waals surface area contributed by atoms with Crippen molar-refractivity contribution in [1.82, 2.24) is 5.32 Å². The minimum atomic E-state index is 0.212. The topological polar surface area (TPSA) is 29.1 Å². The summed E-state index contributed by atoms with van der Waals surface area (Å²) < 4.78 is 0.